The highest BCUT2D eigenvalue weighted by Crippen LogP contribution is 2.36. The van der Waals surface area contributed by atoms with E-state index in [1.165, 1.54) is 30.6 Å². The number of unbranched alkanes of at least 4 members (excludes halogenated alkanes) is 3. The molecule has 0 fully saturated rings. The lowest BCUT2D eigenvalue weighted by Crippen LogP contribution is -1.83. The molecule has 0 saturated heterocycles. The summed E-state index contributed by atoms with van der Waals surface area (Å²) in [6.45, 7) is 2.17. The van der Waals surface area contributed by atoms with Gasteiger partial charge in [-0.3, -0.25) is 0 Å². The van der Waals surface area contributed by atoms with Crippen LogP contribution in [0.4, 0.5) is 0 Å². The third-order valence-corrected chi connectivity index (χ3v) is 2.94. The minimum Gasteiger partial charge on any atom is -0.503 e. The van der Waals surface area contributed by atoms with Crippen molar-refractivity contribution in [1.82, 2.24) is 0 Å². The Labute approximate surface area is 82.8 Å². The van der Waals surface area contributed by atoms with E-state index >= 15 is 0 Å². The second-order valence-corrected chi connectivity index (χ2v) is 4.08. The molecule has 2 nitrogen and oxygen atoms in total. The van der Waals surface area contributed by atoms with E-state index in [4.69, 9.17) is 5.11 Å². The summed E-state index contributed by atoms with van der Waals surface area (Å²) in [6.07, 6.45) is 5.64. The van der Waals surface area contributed by atoms with Crippen molar-refractivity contribution in [2.75, 3.05) is 0 Å². The molecule has 1 aromatic rings. The molecule has 0 bridgehead atoms. The van der Waals surface area contributed by atoms with Crippen LogP contribution in [-0.2, 0) is 6.42 Å². The summed E-state index contributed by atoms with van der Waals surface area (Å²) in [6, 6.07) is 0. The van der Waals surface area contributed by atoms with Gasteiger partial charge in [0, 0.05) is 10.9 Å². The highest BCUT2D eigenvalue weighted by Gasteiger charge is 2.07. The molecule has 0 aliphatic heterocycles. The monoisotopic (exact) mass is 200 g/mol. The zero-order valence-electron chi connectivity index (χ0n) is 7.92. The van der Waals surface area contributed by atoms with Crippen molar-refractivity contribution in [3.63, 3.8) is 0 Å². The predicted octanol–water partition coefficient (Wildman–Crippen LogP) is 3.28. The molecule has 0 atom stereocenters. The fourth-order valence-corrected chi connectivity index (χ4v) is 2.02. The summed E-state index contributed by atoms with van der Waals surface area (Å²) in [7, 11) is 0. The van der Waals surface area contributed by atoms with E-state index in [1.54, 1.807) is 0 Å². The fraction of sp³-hybridized carbons (Fsp3) is 0.600. The number of hydrogen-bond donors (Lipinski definition) is 2. The Balaban J connectivity index is 2.32. The van der Waals surface area contributed by atoms with E-state index in [9.17, 15) is 5.11 Å². The first-order valence-electron chi connectivity index (χ1n) is 4.74. The number of hydrogen-bond acceptors (Lipinski definition) is 3. The molecule has 0 aliphatic carbocycles. The second-order valence-electron chi connectivity index (χ2n) is 3.23. The van der Waals surface area contributed by atoms with E-state index in [-0.39, 0.29) is 10.8 Å². The summed E-state index contributed by atoms with van der Waals surface area (Å²) in [4.78, 5) is 0. The number of thiophene rings is 1. The van der Waals surface area contributed by atoms with Gasteiger partial charge in [-0.25, -0.2) is 0 Å². The average molecular weight is 200 g/mol. The largest absolute Gasteiger partial charge is 0.503 e. The maximum atomic E-state index is 9.35. The zero-order valence-corrected chi connectivity index (χ0v) is 8.73. The first-order valence-corrected chi connectivity index (χ1v) is 5.62. The SMILES string of the molecule is CCCCCCc1csc(O)c1O. The van der Waals surface area contributed by atoms with Crippen LogP contribution in [0, 0.1) is 0 Å². The summed E-state index contributed by atoms with van der Waals surface area (Å²) in [5.74, 6) is 0.0847. The Morgan fingerprint density at radius 2 is 2.00 bits per heavy atom. The summed E-state index contributed by atoms with van der Waals surface area (Å²) in [5, 5.41) is 20.3. The van der Waals surface area contributed by atoms with Gasteiger partial charge in [-0.1, -0.05) is 26.2 Å². The standard InChI is InChI=1S/C10H16O2S/c1-2-3-4-5-6-8-7-13-10(12)9(8)11/h7,11-12H,2-6H2,1H3. The maximum absolute atomic E-state index is 9.35. The van der Waals surface area contributed by atoms with E-state index in [0.717, 1.165) is 18.4 Å². The van der Waals surface area contributed by atoms with Gasteiger partial charge in [-0.2, -0.15) is 0 Å². The van der Waals surface area contributed by atoms with Crippen LogP contribution in [0.25, 0.3) is 0 Å². The van der Waals surface area contributed by atoms with Gasteiger partial charge < -0.3 is 10.2 Å². The highest BCUT2D eigenvalue weighted by molar-refractivity contribution is 7.12. The molecule has 2 N–H and O–H groups in total. The Bertz CT molecular complexity index is 255. The van der Waals surface area contributed by atoms with Crippen molar-refractivity contribution in [2.45, 2.75) is 39.0 Å². The van der Waals surface area contributed by atoms with Crippen molar-refractivity contribution < 1.29 is 10.2 Å². The van der Waals surface area contributed by atoms with Gasteiger partial charge in [0.05, 0.1) is 0 Å². The zero-order chi connectivity index (χ0) is 9.68. The van der Waals surface area contributed by atoms with E-state index in [2.05, 4.69) is 6.92 Å². The first-order chi connectivity index (χ1) is 6.25. The first kappa shape index (κ1) is 10.4. The van der Waals surface area contributed by atoms with Crippen molar-refractivity contribution in [3.8, 4) is 10.8 Å². The molecule has 0 unspecified atom stereocenters. The molecule has 0 aromatic carbocycles. The Morgan fingerprint density at radius 3 is 2.54 bits per heavy atom. The molecule has 1 aromatic heterocycles. The minimum atomic E-state index is 0.0468. The van der Waals surface area contributed by atoms with Crippen LogP contribution in [0.5, 0.6) is 10.8 Å². The molecular weight excluding hydrogens is 184 g/mol. The number of rotatable bonds is 5. The van der Waals surface area contributed by atoms with Crippen molar-refractivity contribution in [1.29, 1.82) is 0 Å². The lowest BCUT2D eigenvalue weighted by molar-refractivity contribution is 0.410. The normalized spacial score (nSPS) is 10.5. The third-order valence-electron chi connectivity index (χ3n) is 2.12. The summed E-state index contributed by atoms with van der Waals surface area (Å²) in [5.41, 5.74) is 0.888. The third kappa shape index (κ3) is 2.92. The molecular formula is C10H16O2S. The second kappa shape index (κ2) is 5.12. The Morgan fingerprint density at radius 1 is 1.23 bits per heavy atom. The van der Waals surface area contributed by atoms with Crippen LogP contribution < -0.4 is 0 Å². The maximum Gasteiger partial charge on any atom is 0.214 e. The smallest absolute Gasteiger partial charge is 0.214 e. The molecule has 0 aliphatic rings. The minimum absolute atomic E-state index is 0.0468. The van der Waals surface area contributed by atoms with Crippen molar-refractivity contribution in [2.24, 2.45) is 0 Å². The van der Waals surface area contributed by atoms with Crippen LogP contribution in [0.2, 0.25) is 0 Å². The van der Waals surface area contributed by atoms with Gasteiger partial charge in [0.2, 0.25) is 5.06 Å². The van der Waals surface area contributed by atoms with Crippen LogP contribution in [-0.4, -0.2) is 10.2 Å². The molecule has 13 heavy (non-hydrogen) atoms. The molecule has 74 valence electrons. The van der Waals surface area contributed by atoms with Crippen LogP contribution in [0.1, 0.15) is 38.2 Å². The number of aryl methyl sites for hydroxylation is 1. The molecule has 1 heterocycles. The van der Waals surface area contributed by atoms with Gasteiger partial charge in [0.15, 0.2) is 5.75 Å². The topological polar surface area (TPSA) is 40.5 Å². The molecule has 0 radical (unpaired) electrons. The lowest BCUT2D eigenvalue weighted by atomic mass is 10.1. The van der Waals surface area contributed by atoms with E-state index < -0.39 is 0 Å². The fourth-order valence-electron chi connectivity index (χ4n) is 1.30. The van der Waals surface area contributed by atoms with Crippen LogP contribution >= 0.6 is 11.3 Å². The molecule has 0 spiro atoms. The molecule has 1 rings (SSSR count). The Hall–Kier alpha value is -0.700. The van der Waals surface area contributed by atoms with Gasteiger partial charge in [0.25, 0.3) is 0 Å². The van der Waals surface area contributed by atoms with Crippen LogP contribution in [0.15, 0.2) is 5.38 Å². The van der Waals surface area contributed by atoms with Gasteiger partial charge in [-0.15, -0.1) is 11.3 Å². The average Bonchev–Trinajstić information content (AvgIpc) is 2.43. The van der Waals surface area contributed by atoms with Gasteiger partial charge in [-0.05, 0) is 12.8 Å². The Kier molecular flexibility index (Phi) is 4.09. The van der Waals surface area contributed by atoms with E-state index in [1.807, 2.05) is 5.38 Å². The summed E-state index contributed by atoms with van der Waals surface area (Å²) >= 11 is 1.20. The molecule has 0 amide bonds. The quantitative estimate of drug-likeness (QED) is 0.716. The van der Waals surface area contributed by atoms with Gasteiger partial charge in [0.1, 0.15) is 0 Å². The summed E-state index contributed by atoms with van der Waals surface area (Å²) < 4.78 is 0. The molecule has 0 saturated carbocycles. The van der Waals surface area contributed by atoms with Gasteiger partial charge >= 0.3 is 0 Å². The highest BCUT2D eigenvalue weighted by atomic mass is 32.1. The van der Waals surface area contributed by atoms with Crippen molar-refractivity contribution >= 4 is 11.3 Å². The van der Waals surface area contributed by atoms with Crippen LogP contribution in [0.3, 0.4) is 0 Å². The van der Waals surface area contributed by atoms with Crippen molar-refractivity contribution in [3.05, 3.63) is 10.9 Å². The molecule has 3 heteroatoms. The lowest BCUT2D eigenvalue weighted by Gasteiger charge is -1.98. The van der Waals surface area contributed by atoms with E-state index in [0.29, 0.717) is 0 Å². The number of aromatic hydroxyl groups is 2. The predicted molar refractivity (Wildman–Crippen MR) is 55.5 cm³/mol.